The zero-order chi connectivity index (χ0) is 18.9. The highest BCUT2D eigenvalue weighted by atomic mass is 32.1. The van der Waals surface area contributed by atoms with Crippen LogP contribution in [-0.4, -0.2) is 56.0 Å². The van der Waals surface area contributed by atoms with Crippen molar-refractivity contribution in [3.63, 3.8) is 0 Å². The molecular formula is C21H30N2O3S. The molecule has 1 aromatic heterocycles. The van der Waals surface area contributed by atoms with Crippen LogP contribution in [0, 0.1) is 0 Å². The largest absolute Gasteiger partial charge is 0.493 e. The standard InChI is InChI=1S/C21H30N2O3S/c1-25-20-7-6-17(14-22-9-8-19-5-4-12-27-19)13-21(20)26-16-18(24)15-23-10-2-3-11-23/h4-7,12-13,18,22,24H,2-3,8-11,14-16H2,1H3. The van der Waals surface area contributed by atoms with Crippen LogP contribution in [0.3, 0.4) is 0 Å². The molecule has 0 aliphatic carbocycles. The molecule has 5 nitrogen and oxygen atoms in total. The molecule has 0 bridgehead atoms. The second-order valence-corrected chi connectivity index (χ2v) is 8.00. The number of benzene rings is 1. The summed E-state index contributed by atoms with van der Waals surface area (Å²) in [5, 5.41) is 15.8. The molecule has 1 aliphatic rings. The number of rotatable bonds is 11. The second-order valence-electron chi connectivity index (χ2n) is 6.96. The Bertz CT molecular complexity index is 672. The quantitative estimate of drug-likeness (QED) is 0.578. The maximum Gasteiger partial charge on any atom is 0.161 e. The topological polar surface area (TPSA) is 54.0 Å². The lowest BCUT2D eigenvalue weighted by molar-refractivity contribution is 0.0746. The Kier molecular flexibility index (Phi) is 7.95. The first-order valence-corrected chi connectivity index (χ1v) is 10.6. The van der Waals surface area contributed by atoms with Gasteiger partial charge in [-0.15, -0.1) is 11.3 Å². The molecule has 0 spiro atoms. The number of β-amino-alcohol motifs (C(OH)–C–C–N with tert-alkyl or cyclic N) is 1. The average molecular weight is 391 g/mol. The zero-order valence-corrected chi connectivity index (χ0v) is 16.8. The minimum Gasteiger partial charge on any atom is -0.493 e. The Morgan fingerprint density at radius 1 is 1.22 bits per heavy atom. The Morgan fingerprint density at radius 2 is 2.07 bits per heavy atom. The van der Waals surface area contributed by atoms with Gasteiger partial charge in [-0.05, 0) is 61.5 Å². The molecule has 3 rings (SSSR count). The minimum absolute atomic E-state index is 0.280. The Labute approximate surface area is 165 Å². The molecule has 27 heavy (non-hydrogen) atoms. The van der Waals surface area contributed by atoms with Gasteiger partial charge in [0.2, 0.25) is 0 Å². The van der Waals surface area contributed by atoms with Gasteiger partial charge in [-0.2, -0.15) is 0 Å². The number of nitrogens with one attached hydrogen (secondary N) is 1. The van der Waals surface area contributed by atoms with Crippen molar-refractivity contribution in [2.45, 2.75) is 31.9 Å². The predicted octanol–water partition coefficient (Wildman–Crippen LogP) is 2.92. The van der Waals surface area contributed by atoms with Gasteiger partial charge in [0.05, 0.1) is 7.11 Å². The SMILES string of the molecule is COc1ccc(CNCCc2cccs2)cc1OCC(O)CN1CCCC1. The highest BCUT2D eigenvalue weighted by Gasteiger charge is 2.17. The predicted molar refractivity (Wildman–Crippen MR) is 110 cm³/mol. The lowest BCUT2D eigenvalue weighted by Gasteiger charge is -2.20. The summed E-state index contributed by atoms with van der Waals surface area (Å²) in [6, 6.07) is 10.2. The number of thiophene rings is 1. The molecule has 1 atom stereocenters. The van der Waals surface area contributed by atoms with Crippen molar-refractivity contribution in [2.24, 2.45) is 0 Å². The Balaban J connectivity index is 1.46. The first kappa shape index (κ1) is 20.1. The number of ether oxygens (including phenoxy) is 2. The third-order valence-corrected chi connectivity index (χ3v) is 5.72. The molecule has 0 radical (unpaired) electrons. The van der Waals surface area contributed by atoms with E-state index in [4.69, 9.17) is 9.47 Å². The van der Waals surface area contributed by atoms with Crippen LogP contribution in [0.25, 0.3) is 0 Å². The molecule has 1 saturated heterocycles. The van der Waals surface area contributed by atoms with Crippen molar-refractivity contribution >= 4 is 11.3 Å². The molecule has 2 heterocycles. The van der Waals surface area contributed by atoms with Gasteiger partial charge < -0.3 is 24.8 Å². The third-order valence-electron chi connectivity index (χ3n) is 4.78. The van der Waals surface area contributed by atoms with Crippen molar-refractivity contribution < 1.29 is 14.6 Å². The maximum absolute atomic E-state index is 10.2. The smallest absolute Gasteiger partial charge is 0.161 e. The van der Waals surface area contributed by atoms with Crippen LogP contribution in [0.2, 0.25) is 0 Å². The molecule has 2 aromatic rings. The van der Waals surface area contributed by atoms with Crippen molar-refractivity contribution in [3.8, 4) is 11.5 Å². The lowest BCUT2D eigenvalue weighted by atomic mass is 10.2. The highest BCUT2D eigenvalue weighted by molar-refractivity contribution is 7.09. The van der Waals surface area contributed by atoms with E-state index in [0.29, 0.717) is 18.0 Å². The summed E-state index contributed by atoms with van der Waals surface area (Å²) in [6.45, 7) is 4.83. The lowest BCUT2D eigenvalue weighted by Crippen LogP contribution is -2.33. The number of aliphatic hydroxyl groups excluding tert-OH is 1. The van der Waals surface area contributed by atoms with E-state index in [1.54, 1.807) is 18.4 Å². The van der Waals surface area contributed by atoms with Gasteiger partial charge in [-0.3, -0.25) is 0 Å². The second kappa shape index (κ2) is 10.7. The van der Waals surface area contributed by atoms with Gasteiger partial charge in [0, 0.05) is 24.5 Å². The van der Waals surface area contributed by atoms with E-state index >= 15 is 0 Å². The maximum atomic E-state index is 10.2. The first-order valence-electron chi connectivity index (χ1n) is 9.68. The van der Waals surface area contributed by atoms with Crippen LogP contribution in [0.5, 0.6) is 11.5 Å². The molecular weight excluding hydrogens is 360 g/mol. The molecule has 0 amide bonds. The fourth-order valence-electron chi connectivity index (χ4n) is 3.34. The van der Waals surface area contributed by atoms with Gasteiger partial charge in [-0.25, -0.2) is 0 Å². The molecule has 6 heteroatoms. The van der Waals surface area contributed by atoms with Crippen LogP contribution >= 0.6 is 11.3 Å². The molecule has 148 valence electrons. The van der Waals surface area contributed by atoms with Gasteiger partial charge >= 0.3 is 0 Å². The minimum atomic E-state index is -0.486. The van der Waals surface area contributed by atoms with Gasteiger partial charge in [0.1, 0.15) is 12.7 Å². The Hall–Kier alpha value is -1.60. The molecule has 1 fully saturated rings. The van der Waals surface area contributed by atoms with E-state index in [1.807, 2.05) is 18.2 Å². The van der Waals surface area contributed by atoms with E-state index in [0.717, 1.165) is 38.2 Å². The normalized spacial score (nSPS) is 15.8. The van der Waals surface area contributed by atoms with Crippen molar-refractivity contribution in [3.05, 3.63) is 46.2 Å². The summed E-state index contributed by atoms with van der Waals surface area (Å²) in [6.07, 6.45) is 3.01. The van der Waals surface area contributed by atoms with E-state index < -0.39 is 6.10 Å². The fraction of sp³-hybridized carbons (Fsp3) is 0.524. The molecule has 2 N–H and O–H groups in total. The van der Waals surface area contributed by atoms with Crippen molar-refractivity contribution in [1.29, 1.82) is 0 Å². The summed E-state index contributed by atoms with van der Waals surface area (Å²) < 4.78 is 11.3. The van der Waals surface area contributed by atoms with Gasteiger partial charge in [0.15, 0.2) is 11.5 Å². The Morgan fingerprint density at radius 3 is 2.81 bits per heavy atom. The van der Waals surface area contributed by atoms with Crippen molar-refractivity contribution in [2.75, 3.05) is 39.9 Å². The van der Waals surface area contributed by atoms with Gasteiger partial charge in [0.25, 0.3) is 0 Å². The molecule has 0 saturated carbocycles. The van der Waals surface area contributed by atoms with Crippen LogP contribution in [0.15, 0.2) is 35.7 Å². The van der Waals surface area contributed by atoms with E-state index in [-0.39, 0.29) is 6.61 Å². The van der Waals surface area contributed by atoms with Crippen molar-refractivity contribution in [1.82, 2.24) is 10.2 Å². The highest BCUT2D eigenvalue weighted by Crippen LogP contribution is 2.28. The molecule has 1 aromatic carbocycles. The number of hydrogen-bond donors (Lipinski definition) is 2. The van der Waals surface area contributed by atoms with Crippen LogP contribution in [-0.2, 0) is 13.0 Å². The summed E-state index contributed by atoms with van der Waals surface area (Å²) in [7, 11) is 1.64. The van der Waals surface area contributed by atoms with Crippen LogP contribution < -0.4 is 14.8 Å². The van der Waals surface area contributed by atoms with Gasteiger partial charge in [-0.1, -0.05) is 12.1 Å². The van der Waals surface area contributed by atoms with E-state index in [9.17, 15) is 5.11 Å². The third kappa shape index (κ3) is 6.50. The van der Waals surface area contributed by atoms with Crippen LogP contribution in [0.4, 0.5) is 0 Å². The number of nitrogens with zero attached hydrogens (tertiary/aromatic N) is 1. The summed E-state index contributed by atoms with van der Waals surface area (Å²) in [5.41, 5.74) is 1.14. The van der Waals surface area contributed by atoms with Crippen LogP contribution in [0.1, 0.15) is 23.3 Å². The number of aliphatic hydroxyl groups is 1. The fourth-order valence-corrected chi connectivity index (χ4v) is 4.05. The summed E-state index contributed by atoms with van der Waals surface area (Å²) in [4.78, 5) is 3.69. The van der Waals surface area contributed by atoms with E-state index in [1.165, 1.54) is 17.7 Å². The summed E-state index contributed by atoms with van der Waals surface area (Å²) in [5.74, 6) is 1.39. The number of likely N-dealkylation sites (tertiary alicyclic amines) is 1. The molecule has 1 aliphatic heterocycles. The number of methoxy groups -OCH3 is 1. The first-order chi connectivity index (χ1) is 13.2. The molecule has 1 unspecified atom stereocenters. The average Bonchev–Trinajstić information content (AvgIpc) is 3.38. The summed E-state index contributed by atoms with van der Waals surface area (Å²) >= 11 is 1.79. The number of hydrogen-bond acceptors (Lipinski definition) is 6. The zero-order valence-electron chi connectivity index (χ0n) is 16.0. The van der Waals surface area contributed by atoms with E-state index in [2.05, 4.69) is 27.7 Å². The monoisotopic (exact) mass is 390 g/mol.